The molecule has 2 amide bonds. The fourth-order valence-electron chi connectivity index (χ4n) is 2.56. The molecule has 0 bridgehead atoms. The second-order valence-corrected chi connectivity index (χ2v) is 5.77. The van der Waals surface area contributed by atoms with Crippen LogP contribution in [-0.2, 0) is 16.1 Å². The number of halogens is 1. The topological polar surface area (TPSA) is 61.8 Å². The van der Waals surface area contributed by atoms with E-state index >= 15 is 0 Å². The summed E-state index contributed by atoms with van der Waals surface area (Å²) in [6, 6.07) is 15.5. The number of benzene rings is 2. The van der Waals surface area contributed by atoms with Crippen LogP contribution in [0.15, 0.2) is 59.7 Å². The lowest BCUT2D eigenvalue weighted by molar-refractivity contribution is -0.136. The van der Waals surface area contributed by atoms with Gasteiger partial charge in [0.2, 0.25) is 11.8 Å². The Hall–Kier alpha value is -3.02. The highest BCUT2D eigenvalue weighted by Gasteiger charge is 2.23. The van der Waals surface area contributed by atoms with Crippen molar-refractivity contribution in [1.29, 1.82) is 0 Å². The van der Waals surface area contributed by atoms with Gasteiger partial charge in [-0.05, 0) is 23.3 Å². The monoisotopic (exact) mass is 339 g/mol. The number of rotatable bonds is 5. The summed E-state index contributed by atoms with van der Waals surface area (Å²) in [4.78, 5) is 24.1. The maximum atomic E-state index is 12.9. The van der Waals surface area contributed by atoms with Gasteiger partial charge >= 0.3 is 0 Å². The fourth-order valence-corrected chi connectivity index (χ4v) is 2.56. The average Bonchev–Trinajstić information content (AvgIpc) is 2.64. The highest BCUT2D eigenvalue weighted by atomic mass is 19.1. The lowest BCUT2D eigenvalue weighted by atomic mass is 10.0. The van der Waals surface area contributed by atoms with E-state index in [0.29, 0.717) is 12.8 Å². The Labute approximate surface area is 145 Å². The van der Waals surface area contributed by atoms with Gasteiger partial charge in [0, 0.05) is 19.4 Å². The van der Waals surface area contributed by atoms with E-state index in [2.05, 4.69) is 10.4 Å². The predicted molar refractivity (Wildman–Crippen MR) is 92.2 cm³/mol. The molecule has 3 rings (SSSR count). The van der Waals surface area contributed by atoms with Crippen molar-refractivity contribution in [1.82, 2.24) is 10.3 Å². The van der Waals surface area contributed by atoms with Crippen LogP contribution in [0, 0.1) is 5.82 Å². The molecule has 0 fully saturated rings. The van der Waals surface area contributed by atoms with E-state index < -0.39 is 0 Å². The van der Waals surface area contributed by atoms with Crippen molar-refractivity contribution in [2.75, 3.05) is 6.54 Å². The number of hydrazone groups is 1. The molecule has 1 aliphatic heterocycles. The van der Waals surface area contributed by atoms with E-state index in [-0.39, 0.29) is 30.7 Å². The lowest BCUT2D eigenvalue weighted by Crippen LogP contribution is -2.40. The second kappa shape index (κ2) is 7.70. The molecule has 5 nitrogen and oxygen atoms in total. The van der Waals surface area contributed by atoms with Crippen LogP contribution in [0.1, 0.15) is 24.0 Å². The van der Waals surface area contributed by atoms with Gasteiger partial charge in [-0.3, -0.25) is 9.59 Å². The molecule has 0 saturated heterocycles. The van der Waals surface area contributed by atoms with E-state index in [1.165, 1.54) is 17.1 Å². The van der Waals surface area contributed by atoms with Crippen molar-refractivity contribution >= 4 is 17.5 Å². The average molecular weight is 339 g/mol. The van der Waals surface area contributed by atoms with Crippen LogP contribution >= 0.6 is 0 Å². The van der Waals surface area contributed by atoms with E-state index in [0.717, 1.165) is 16.8 Å². The van der Waals surface area contributed by atoms with Crippen molar-refractivity contribution in [3.63, 3.8) is 0 Å². The van der Waals surface area contributed by atoms with Crippen LogP contribution in [-0.4, -0.2) is 29.1 Å². The summed E-state index contributed by atoms with van der Waals surface area (Å²) in [6.07, 6.45) is 0.898. The zero-order chi connectivity index (χ0) is 17.6. The first-order chi connectivity index (χ1) is 12.1. The van der Waals surface area contributed by atoms with Gasteiger partial charge in [-0.25, -0.2) is 9.40 Å². The Balaban J connectivity index is 1.61. The summed E-state index contributed by atoms with van der Waals surface area (Å²) in [7, 11) is 0. The standard InChI is InChI=1S/C19H18FN3O2/c20-16-8-6-14(7-9-16)12-21-18(24)13-23-19(25)11-10-17(22-23)15-4-2-1-3-5-15/h1-9H,10-13H2,(H,21,24). The van der Waals surface area contributed by atoms with Gasteiger partial charge in [-0.1, -0.05) is 42.5 Å². The molecule has 1 N–H and O–H groups in total. The molecular weight excluding hydrogens is 321 g/mol. The molecule has 25 heavy (non-hydrogen) atoms. The first-order valence-corrected chi connectivity index (χ1v) is 8.06. The second-order valence-electron chi connectivity index (χ2n) is 5.77. The molecule has 1 aliphatic rings. The number of carbonyl (C=O) groups excluding carboxylic acids is 2. The van der Waals surface area contributed by atoms with Gasteiger partial charge < -0.3 is 5.32 Å². The highest BCUT2D eigenvalue weighted by Crippen LogP contribution is 2.14. The van der Waals surface area contributed by atoms with Crippen LogP contribution < -0.4 is 5.32 Å². The molecule has 2 aromatic carbocycles. The molecule has 0 spiro atoms. The van der Waals surface area contributed by atoms with Crippen molar-refractivity contribution in [2.45, 2.75) is 19.4 Å². The number of hydrogen-bond donors (Lipinski definition) is 1. The van der Waals surface area contributed by atoms with Gasteiger partial charge in [0.15, 0.2) is 0 Å². The molecule has 1 heterocycles. The number of amides is 2. The molecule has 6 heteroatoms. The Morgan fingerprint density at radius 3 is 2.52 bits per heavy atom. The summed E-state index contributed by atoms with van der Waals surface area (Å²) < 4.78 is 12.9. The van der Waals surface area contributed by atoms with Crippen LogP contribution in [0.2, 0.25) is 0 Å². The first kappa shape index (κ1) is 16.8. The largest absolute Gasteiger partial charge is 0.350 e. The minimum Gasteiger partial charge on any atom is -0.350 e. The highest BCUT2D eigenvalue weighted by molar-refractivity contribution is 6.04. The third-order valence-corrected chi connectivity index (χ3v) is 3.91. The van der Waals surface area contributed by atoms with Gasteiger partial charge in [-0.15, -0.1) is 0 Å². The Kier molecular flexibility index (Phi) is 5.18. The van der Waals surface area contributed by atoms with Crippen molar-refractivity contribution in [3.8, 4) is 0 Å². The summed E-state index contributed by atoms with van der Waals surface area (Å²) in [5.74, 6) is -0.802. The van der Waals surface area contributed by atoms with Crippen molar-refractivity contribution < 1.29 is 14.0 Å². The maximum absolute atomic E-state index is 12.9. The molecule has 0 unspecified atom stereocenters. The number of carbonyl (C=O) groups is 2. The Morgan fingerprint density at radius 2 is 1.80 bits per heavy atom. The minimum atomic E-state index is -0.322. The van der Waals surface area contributed by atoms with Gasteiger partial charge in [-0.2, -0.15) is 5.10 Å². The summed E-state index contributed by atoms with van der Waals surface area (Å²) in [6.45, 7) is 0.146. The smallest absolute Gasteiger partial charge is 0.243 e. The Bertz CT molecular complexity index is 788. The zero-order valence-corrected chi connectivity index (χ0v) is 13.6. The molecular formula is C19H18FN3O2. The molecule has 0 atom stereocenters. The molecule has 0 aromatic heterocycles. The quantitative estimate of drug-likeness (QED) is 0.910. The molecule has 0 aliphatic carbocycles. The van der Waals surface area contributed by atoms with E-state index in [1.54, 1.807) is 12.1 Å². The third-order valence-electron chi connectivity index (χ3n) is 3.91. The molecule has 0 saturated carbocycles. The van der Waals surface area contributed by atoms with Gasteiger partial charge in [0.05, 0.1) is 5.71 Å². The van der Waals surface area contributed by atoms with E-state index in [4.69, 9.17) is 0 Å². The van der Waals surface area contributed by atoms with Gasteiger partial charge in [0.25, 0.3) is 0 Å². The first-order valence-electron chi connectivity index (χ1n) is 8.06. The number of nitrogens with zero attached hydrogens (tertiary/aromatic N) is 2. The summed E-state index contributed by atoms with van der Waals surface area (Å²) in [5, 5.41) is 8.26. The fraction of sp³-hybridized carbons (Fsp3) is 0.211. The van der Waals surface area contributed by atoms with Crippen molar-refractivity contribution in [3.05, 3.63) is 71.5 Å². The summed E-state index contributed by atoms with van der Waals surface area (Å²) >= 11 is 0. The molecule has 0 radical (unpaired) electrons. The van der Waals surface area contributed by atoms with Gasteiger partial charge in [0.1, 0.15) is 12.4 Å². The van der Waals surface area contributed by atoms with E-state index in [1.807, 2.05) is 30.3 Å². The normalized spacial score (nSPS) is 14.2. The summed E-state index contributed by atoms with van der Waals surface area (Å²) in [5.41, 5.74) is 2.53. The minimum absolute atomic E-state index is 0.129. The van der Waals surface area contributed by atoms with E-state index in [9.17, 15) is 14.0 Å². The van der Waals surface area contributed by atoms with Crippen LogP contribution in [0.25, 0.3) is 0 Å². The molecule has 2 aromatic rings. The van der Waals surface area contributed by atoms with Crippen LogP contribution in [0.3, 0.4) is 0 Å². The SMILES string of the molecule is O=C(CN1N=C(c2ccccc2)CCC1=O)NCc1ccc(F)cc1. The zero-order valence-electron chi connectivity index (χ0n) is 13.6. The predicted octanol–water partition coefficient (Wildman–Crippen LogP) is 2.47. The lowest BCUT2D eigenvalue weighted by Gasteiger charge is -2.23. The molecule has 128 valence electrons. The number of hydrogen-bond acceptors (Lipinski definition) is 3. The van der Waals surface area contributed by atoms with Crippen LogP contribution in [0.4, 0.5) is 4.39 Å². The number of nitrogens with one attached hydrogen (secondary N) is 1. The van der Waals surface area contributed by atoms with Crippen molar-refractivity contribution in [2.24, 2.45) is 5.10 Å². The van der Waals surface area contributed by atoms with Crippen LogP contribution in [0.5, 0.6) is 0 Å². The Morgan fingerprint density at radius 1 is 1.08 bits per heavy atom. The maximum Gasteiger partial charge on any atom is 0.243 e. The third kappa shape index (κ3) is 4.50.